The van der Waals surface area contributed by atoms with Gasteiger partial charge >= 0.3 is 5.97 Å². The van der Waals surface area contributed by atoms with Gasteiger partial charge in [-0.05, 0) is 17.7 Å². The van der Waals surface area contributed by atoms with Gasteiger partial charge in [0.25, 0.3) is 0 Å². The van der Waals surface area contributed by atoms with Crippen LogP contribution in [0.4, 0.5) is 0 Å². The molecule has 0 aliphatic carbocycles. The fraction of sp³-hybridized carbons (Fsp3) is 0.118. The van der Waals surface area contributed by atoms with Crippen molar-refractivity contribution in [1.29, 1.82) is 0 Å². The molecule has 0 radical (unpaired) electrons. The van der Waals surface area contributed by atoms with E-state index in [0.29, 0.717) is 23.5 Å². The maximum Gasteiger partial charge on any atom is 0.337 e. The molecule has 2 aromatic rings. The molecule has 6 nitrogen and oxygen atoms in total. The third kappa shape index (κ3) is 4.24. The van der Waals surface area contributed by atoms with E-state index in [4.69, 9.17) is 10.6 Å². The highest BCUT2D eigenvalue weighted by molar-refractivity contribution is 5.98. The van der Waals surface area contributed by atoms with E-state index in [1.54, 1.807) is 42.5 Å². The van der Waals surface area contributed by atoms with Gasteiger partial charge < -0.3 is 10.2 Å². The second-order valence-electron chi connectivity index (χ2n) is 4.74. The molecular formula is C17H17N3O3. The molecule has 0 aliphatic heterocycles. The first-order chi connectivity index (χ1) is 11.2. The maximum atomic E-state index is 11.5. The standard InChI is InChI=1S/C17H17N3O3/c1-23-17(22)15-4-2-3-13(9-15)10-19-16(20-18)14-7-5-12(11-21)6-8-14/h2-9,11H,10,18H2,1H3,(H,19,20). The summed E-state index contributed by atoms with van der Waals surface area (Å²) < 4.78 is 4.69. The highest BCUT2D eigenvalue weighted by Crippen LogP contribution is 2.09. The van der Waals surface area contributed by atoms with Crippen LogP contribution >= 0.6 is 0 Å². The Morgan fingerprint density at radius 3 is 2.57 bits per heavy atom. The number of nitrogens with two attached hydrogens (primary N) is 1. The van der Waals surface area contributed by atoms with E-state index in [1.807, 2.05) is 6.07 Å². The second-order valence-corrected chi connectivity index (χ2v) is 4.74. The first-order valence-corrected chi connectivity index (χ1v) is 6.92. The van der Waals surface area contributed by atoms with Gasteiger partial charge in [0.2, 0.25) is 0 Å². The summed E-state index contributed by atoms with van der Waals surface area (Å²) in [6.07, 6.45) is 0.773. The van der Waals surface area contributed by atoms with Crippen molar-refractivity contribution < 1.29 is 14.3 Å². The lowest BCUT2D eigenvalue weighted by molar-refractivity contribution is 0.0600. The van der Waals surface area contributed by atoms with Gasteiger partial charge in [0.1, 0.15) is 12.1 Å². The molecule has 0 unspecified atom stereocenters. The maximum absolute atomic E-state index is 11.5. The molecule has 0 fully saturated rings. The van der Waals surface area contributed by atoms with Gasteiger partial charge in [-0.1, -0.05) is 36.4 Å². The van der Waals surface area contributed by atoms with Crippen LogP contribution in [-0.4, -0.2) is 25.2 Å². The number of hydrogen-bond acceptors (Lipinski definition) is 5. The summed E-state index contributed by atoms with van der Waals surface area (Å²) in [6, 6.07) is 13.9. The number of carbonyl (C=O) groups is 2. The number of nitrogens with one attached hydrogen (secondary N) is 1. The largest absolute Gasteiger partial charge is 0.465 e. The Hall–Kier alpha value is -2.99. The molecule has 0 saturated carbocycles. The first-order valence-electron chi connectivity index (χ1n) is 6.92. The van der Waals surface area contributed by atoms with Crippen LogP contribution in [0.2, 0.25) is 0 Å². The molecule has 118 valence electrons. The summed E-state index contributed by atoms with van der Waals surface area (Å²) >= 11 is 0. The van der Waals surface area contributed by atoms with Crippen LogP contribution in [0.15, 0.2) is 53.5 Å². The summed E-state index contributed by atoms with van der Waals surface area (Å²) in [5.74, 6) is 5.62. The number of amidine groups is 1. The van der Waals surface area contributed by atoms with Gasteiger partial charge in [0, 0.05) is 11.1 Å². The molecule has 0 spiro atoms. The van der Waals surface area contributed by atoms with E-state index in [9.17, 15) is 9.59 Å². The molecule has 6 heteroatoms. The molecule has 0 bridgehead atoms. The van der Waals surface area contributed by atoms with Gasteiger partial charge in [0.15, 0.2) is 0 Å². The fourth-order valence-electron chi connectivity index (χ4n) is 2.02. The molecule has 0 atom stereocenters. The number of carbonyl (C=O) groups excluding carboxylic acids is 2. The molecule has 0 heterocycles. The lowest BCUT2D eigenvalue weighted by Crippen LogP contribution is -2.31. The summed E-state index contributed by atoms with van der Waals surface area (Å²) in [5, 5.41) is 0. The van der Waals surface area contributed by atoms with Crippen LogP contribution in [0.1, 0.15) is 31.8 Å². The number of nitrogens with zero attached hydrogens (tertiary/aromatic N) is 1. The molecule has 2 aromatic carbocycles. The van der Waals surface area contributed by atoms with Crippen molar-refractivity contribution in [2.24, 2.45) is 10.8 Å². The van der Waals surface area contributed by atoms with Gasteiger partial charge in [-0.3, -0.25) is 9.79 Å². The minimum Gasteiger partial charge on any atom is -0.465 e. The van der Waals surface area contributed by atoms with Gasteiger partial charge in [0.05, 0.1) is 19.2 Å². The Morgan fingerprint density at radius 2 is 1.96 bits per heavy atom. The smallest absolute Gasteiger partial charge is 0.337 e. The van der Waals surface area contributed by atoms with Crippen LogP contribution in [0, 0.1) is 0 Å². The van der Waals surface area contributed by atoms with E-state index >= 15 is 0 Å². The highest BCUT2D eigenvalue weighted by Gasteiger charge is 2.06. The lowest BCUT2D eigenvalue weighted by Gasteiger charge is -2.07. The minimum atomic E-state index is -0.391. The van der Waals surface area contributed by atoms with Gasteiger partial charge in [-0.2, -0.15) is 0 Å². The number of aliphatic imine (C=N–C) groups is 1. The van der Waals surface area contributed by atoms with E-state index in [2.05, 4.69) is 10.4 Å². The molecule has 0 aromatic heterocycles. The summed E-state index contributed by atoms with van der Waals surface area (Å²) in [7, 11) is 1.34. The number of esters is 1. The molecule has 0 aliphatic rings. The van der Waals surface area contributed by atoms with E-state index in [1.165, 1.54) is 7.11 Å². The van der Waals surface area contributed by atoms with Crippen LogP contribution in [0.5, 0.6) is 0 Å². The molecular weight excluding hydrogens is 294 g/mol. The predicted octanol–water partition coefficient (Wildman–Crippen LogP) is 1.70. The normalized spacial score (nSPS) is 11.0. The van der Waals surface area contributed by atoms with Crippen molar-refractivity contribution in [3.63, 3.8) is 0 Å². The molecule has 0 amide bonds. The number of rotatable bonds is 5. The summed E-state index contributed by atoms with van der Waals surface area (Å²) in [4.78, 5) is 26.6. The SMILES string of the molecule is COC(=O)c1cccc(CN=C(NN)c2ccc(C=O)cc2)c1. The van der Waals surface area contributed by atoms with Crippen molar-refractivity contribution in [3.8, 4) is 0 Å². The Bertz CT molecular complexity index is 724. The van der Waals surface area contributed by atoms with Crippen molar-refractivity contribution in [2.75, 3.05) is 7.11 Å². The molecule has 3 N–H and O–H groups in total. The third-order valence-corrected chi connectivity index (χ3v) is 3.22. The topological polar surface area (TPSA) is 93.8 Å². The van der Waals surface area contributed by atoms with E-state index in [0.717, 1.165) is 17.4 Å². The zero-order chi connectivity index (χ0) is 16.7. The van der Waals surface area contributed by atoms with Gasteiger partial charge in [-0.25, -0.2) is 10.6 Å². The average molecular weight is 311 g/mol. The number of hydrazine groups is 1. The quantitative estimate of drug-likeness (QED) is 0.219. The monoisotopic (exact) mass is 311 g/mol. The van der Waals surface area contributed by atoms with Crippen molar-refractivity contribution >= 4 is 18.1 Å². The Kier molecular flexibility index (Phi) is 5.60. The number of aldehydes is 1. The predicted molar refractivity (Wildman–Crippen MR) is 87.2 cm³/mol. The Balaban J connectivity index is 2.18. The Labute approximate surface area is 134 Å². The van der Waals surface area contributed by atoms with Crippen LogP contribution in [0.25, 0.3) is 0 Å². The number of hydrogen-bond donors (Lipinski definition) is 2. The first kappa shape index (κ1) is 16.4. The van der Waals surface area contributed by atoms with Crippen LogP contribution in [-0.2, 0) is 11.3 Å². The van der Waals surface area contributed by atoms with Gasteiger partial charge in [-0.15, -0.1) is 0 Å². The minimum absolute atomic E-state index is 0.347. The van der Waals surface area contributed by atoms with Crippen molar-refractivity contribution in [1.82, 2.24) is 5.43 Å². The zero-order valence-electron chi connectivity index (χ0n) is 12.7. The molecule has 2 rings (SSSR count). The average Bonchev–Trinajstić information content (AvgIpc) is 2.62. The number of benzene rings is 2. The Morgan fingerprint density at radius 1 is 1.22 bits per heavy atom. The van der Waals surface area contributed by atoms with Crippen LogP contribution in [0.3, 0.4) is 0 Å². The van der Waals surface area contributed by atoms with Crippen molar-refractivity contribution in [2.45, 2.75) is 6.54 Å². The van der Waals surface area contributed by atoms with Crippen molar-refractivity contribution in [3.05, 3.63) is 70.8 Å². The van der Waals surface area contributed by atoms with Crippen LogP contribution < -0.4 is 11.3 Å². The van der Waals surface area contributed by atoms with E-state index < -0.39 is 5.97 Å². The van der Waals surface area contributed by atoms with E-state index in [-0.39, 0.29) is 0 Å². The lowest BCUT2D eigenvalue weighted by atomic mass is 10.1. The second kappa shape index (κ2) is 7.86. The third-order valence-electron chi connectivity index (χ3n) is 3.22. The zero-order valence-corrected chi connectivity index (χ0v) is 12.7. The highest BCUT2D eigenvalue weighted by atomic mass is 16.5. The summed E-state index contributed by atoms with van der Waals surface area (Å²) in [5.41, 5.74) is 5.21. The molecule has 23 heavy (non-hydrogen) atoms. The summed E-state index contributed by atoms with van der Waals surface area (Å²) in [6.45, 7) is 0.347. The molecule has 0 saturated heterocycles. The number of methoxy groups -OCH3 is 1. The number of ether oxygens (including phenoxy) is 1. The fourth-order valence-corrected chi connectivity index (χ4v) is 2.02.